The Morgan fingerprint density at radius 1 is 1.21 bits per heavy atom. The molecular weight excluding hydrogens is 307 g/mol. The van der Waals surface area contributed by atoms with E-state index in [1.165, 1.54) is 0 Å². The number of nitrogens with zero attached hydrogens (tertiary/aromatic N) is 1. The van der Waals surface area contributed by atoms with E-state index in [2.05, 4.69) is 4.98 Å². The topological polar surface area (TPSA) is 39.2 Å². The molecule has 0 atom stereocenters. The summed E-state index contributed by atoms with van der Waals surface area (Å²) in [7, 11) is 1.64. The molecule has 7 heteroatoms. The number of hydrogen-bond acceptors (Lipinski definition) is 3. The number of imidazole rings is 1. The van der Waals surface area contributed by atoms with E-state index in [-0.39, 0.29) is 0 Å². The third-order valence-electron chi connectivity index (χ3n) is 2.71. The van der Waals surface area contributed by atoms with E-state index in [9.17, 15) is 0 Å². The fourth-order valence-electron chi connectivity index (χ4n) is 1.77. The van der Waals surface area contributed by atoms with Gasteiger partial charge in [-0.1, -0.05) is 23.2 Å². The van der Waals surface area contributed by atoms with Gasteiger partial charge in [-0.05, 0) is 24.4 Å². The second-order valence-electron chi connectivity index (χ2n) is 3.97. The van der Waals surface area contributed by atoms with E-state index in [1.807, 2.05) is 4.57 Å². The highest BCUT2D eigenvalue weighted by atomic mass is 35.5. The van der Waals surface area contributed by atoms with Crippen molar-refractivity contribution in [3.63, 3.8) is 0 Å². The molecule has 0 bridgehead atoms. The molecule has 1 aromatic heterocycles. The average Bonchev–Trinajstić information content (AvgIpc) is 2.66. The number of H-pyrrole nitrogens is 1. The summed E-state index contributed by atoms with van der Waals surface area (Å²) in [6.45, 7) is 2.37. The van der Waals surface area contributed by atoms with Gasteiger partial charge in [-0.2, -0.15) is 0 Å². The smallest absolute Gasteiger partial charge is 0.178 e. The largest absolute Gasteiger partial charge is 0.382 e. The van der Waals surface area contributed by atoms with Crippen molar-refractivity contribution in [1.82, 2.24) is 9.55 Å². The number of aromatic amines is 1. The lowest BCUT2D eigenvalue weighted by atomic mass is 10.3. The minimum atomic E-state index is 0.508. The maximum Gasteiger partial charge on any atom is 0.178 e. The van der Waals surface area contributed by atoms with Crippen molar-refractivity contribution in [3.05, 3.63) is 26.9 Å². The Hall–Kier alpha value is -0.590. The normalized spacial score (nSPS) is 11.3. The van der Waals surface area contributed by atoms with E-state index in [0.29, 0.717) is 41.2 Å². The molecule has 0 aliphatic heterocycles. The second kappa shape index (κ2) is 6.72. The van der Waals surface area contributed by atoms with Crippen molar-refractivity contribution in [2.45, 2.75) is 6.54 Å². The molecule has 0 amide bonds. The van der Waals surface area contributed by atoms with Crippen LogP contribution in [0.2, 0.25) is 10.0 Å². The zero-order valence-corrected chi connectivity index (χ0v) is 12.7. The van der Waals surface area contributed by atoms with Crippen LogP contribution in [0.4, 0.5) is 0 Å². The van der Waals surface area contributed by atoms with Gasteiger partial charge in [0.15, 0.2) is 4.77 Å². The van der Waals surface area contributed by atoms with Crippen molar-refractivity contribution in [2.24, 2.45) is 0 Å². The predicted molar refractivity (Wildman–Crippen MR) is 79.8 cm³/mol. The lowest BCUT2D eigenvalue weighted by Gasteiger charge is -2.06. The first-order valence-corrected chi connectivity index (χ1v) is 6.94. The number of nitrogens with one attached hydrogen (secondary N) is 1. The first-order valence-electron chi connectivity index (χ1n) is 5.77. The molecule has 2 aromatic rings. The molecule has 0 saturated carbocycles. The summed E-state index contributed by atoms with van der Waals surface area (Å²) in [4.78, 5) is 3.10. The lowest BCUT2D eigenvalue weighted by Crippen LogP contribution is -2.09. The number of aromatic nitrogens is 2. The molecule has 1 N–H and O–H groups in total. The van der Waals surface area contributed by atoms with Gasteiger partial charge in [-0.25, -0.2) is 0 Å². The lowest BCUT2D eigenvalue weighted by molar-refractivity contribution is 0.0668. The summed E-state index contributed by atoms with van der Waals surface area (Å²) >= 11 is 17.3. The fraction of sp³-hybridized carbons (Fsp3) is 0.417. The van der Waals surface area contributed by atoms with E-state index in [1.54, 1.807) is 19.2 Å². The van der Waals surface area contributed by atoms with Gasteiger partial charge in [0.1, 0.15) is 0 Å². The molecular formula is C12H14Cl2N2O2S. The van der Waals surface area contributed by atoms with E-state index in [0.717, 1.165) is 11.0 Å². The summed E-state index contributed by atoms with van der Waals surface area (Å²) in [5, 5.41) is 1.02. The zero-order chi connectivity index (χ0) is 13.8. The highest BCUT2D eigenvalue weighted by Crippen LogP contribution is 2.27. The minimum absolute atomic E-state index is 0.508. The van der Waals surface area contributed by atoms with Crippen molar-refractivity contribution in [3.8, 4) is 0 Å². The van der Waals surface area contributed by atoms with Gasteiger partial charge in [0.25, 0.3) is 0 Å². The van der Waals surface area contributed by atoms with Gasteiger partial charge >= 0.3 is 0 Å². The Labute approximate surface area is 126 Å². The molecule has 4 nitrogen and oxygen atoms in total. The second-order valence-corrected chi connectivity index (χ2v) is 5.17. The van der Waals surface area contributed by atoms with Crippen molar-refractivity contribution >= 4 is 46.5 Å². The number of fused-ring (bicyclic) bond motifs is 1. The number of methoxy groups -OCH3 is 1. The van der Waals surface area contributed by atoms with Crippen molar-refractivity contribution < 1.29 is 9.47 Å². The Balaban J connectivity index is 2.16. The molecule has 19 heavy (non-hydrogen) atoms. The zero-order valence-electron chi connectivity index (χ0n) is 10.4. The van der Waals surface area contributed by atoms with Gasteiger partial charge < -0.3 is 19.0 Å². The summed E-state index contributed by atoms with van der Waals surface area (Å²) < 4.78 is 12.9. The van der Waals surface area contributed by atoms with Crippen LogP contribution in [0.5, 0.6) is 0 Å². The Bertz CT molecular complexity index is 624. The molecule has 0 unspecified atom stereocenters. The van der Waals surface area contributed by atoms with Gasteiger partial charge in [0, 0.05) is 13.7 Å². The third-order valence-corrected chi connectivity index (χ3v) is 3.75. The maximum atomic E-state index is 6.03. The minimum Gasteiger partial charge on any atom is -0.382 e. The molecule has 2 rings (SSSR count). The average molecular weight is 321 g/mol. The van der Waals surface area contributed by atoms with Crippen LogP contribution in [0.15, 0.2) is 12.1 Å². The number of halogens is 2. The Kier molecular flexibility index (Phi) is 5.24. The molecule has 0 aliphatic rings. The van der Waals surface area contributed by atoms with E-state index in [4.69, 9.17) is 44.9 Å². The van der Waals surface area contributed by atoms with Crippen molar-refractivity contribution in [1.29, 1.82) is 0 Å². The van der Waals surface area contributed by atoms with Crippen LogP contribution in [0.1, 0.15) is 0 Å². The third kappa shape index (κ3) is 3.49. The predicted octanol–water partition coefficient (Wildman–Crippen LogP) is 3.67. The SMILES string of the molecule is COCCOCCn1c(=S)[nH]c2cc(Cl)c(Cl)cc21. The molecule has 0 spiro atoms. The van der Waals surface area contributed by atoms with Crippen LogP contribution < -0.4 is 0 Å². The summed E-state index contributed by atoms with van der Waals surface area (Å²) in [5.41, 5.74) is 1.80. The van der Waals surface area contributed by atoms with Crippen LogP contribution in [-0.2, 0) is 16.0 Å². The Morgan fingerprint density at radius 2 is 1.95 bits per heavy atom. The monoisotopic (exact) mass is 320 g/mol. The van der Waals surface area contributed by atoms with Crippen LogP contribution in [0, 0.1) is 4.77 Å². The first kappa shape index (κ1) is 14.8. The maximum absolute atomic E-state index is 6.03. The first-order chi connectivity index (χ1) is 9.13. The summed E-state index contributed by atoms with van der Waals surface area (Å²) in [5.74, 6) is 0. The van der Waals surface area contributed by atoms with Gasteiger partial charge in [0.2, 0.25) is 0 Å². The molecule has 0 saturated heterocycles. The van der Waals surface area contributed by atoms with Gasteiger partial charge in [0.05, 0.1) is 40.9 Å². The van der Waals surface area contributed by atoms with Crippen LogP contribution in [-0.4, -0.2) is 36.5 Å². The highest BCUT2D eigenvalue weighted by Gasteiger charge is 2.08. The van der Waals surface area contributed by atoms with E-state index >= 15 is 0 Å². The molecule has 1 heterocycles. The van der Waals surface area contributed by atoms with Crippen LogP contribution in [0.3, 0.4) is 0 Å². The molecule has 0 fully saturated rings. The van der Waals surface area contributed by atoms with Gasteiger partial charge in [-0.15, -0.1) is 0 Å². The Morgan fingerprint density at radius 3 is 2.68 bits per heavy atom. The molecule has 104 valence electrons. The standard InChI is InChI=1S/C12H14Cl2N2O2S/c1-17-4-5-18-3-2-16-11-7-9(14)8(13)6-10(11)15-12(16)19/h6-7H,2-5H2,1H3,(H,15,19). The van der Waals surface area contributed by atoms with Crippen LogP contribution >= 0.6 is 35.4 Å². The van der Waals surface area contributed by atoms with Crippen LogP contribution in [0.25, 0.3) is 11.0 Å². The molecule has 1 aromatic carbocycles. The number of hydrogen-bond donors (Lipinski definition) is 1. The van der Waals surface area contributed by atoms with Gasteiger partial charge in [-0.3, -0.25) is 0 Å². The molecule has 0 radical (unpaired) electrons. The molecule has 0 aliphatic carbocycles. The van der Waals surface area contributed by atoms with E-state index < -0.39 is 0 Å². The quantitative estimate of drug-likeness (QED) is 0.652. The number of rotatable bonds is 6. The summed E-state index contributed by atoms with van der Waals surface area (Å²) in [6, 6.07) is 3.58. The number of ether oxygens (including phenoxy) is 2. The summed E-state index contributed by atoms with van der Waals surface area (Å²) in [6.07, 6.45) is 0. The number of benzene rings is 1. The fourth-order valence-corrected chi connectivity index (χ4v) is 2.40. The van der Waals surface area contributed by atoms with Crippen molar-refractivity contribution in [2.75, 3.05) is 26.9 Å². The highest BCUT2D eigenvalue weighted by molar-refractivity contribution is 7.71.